The number of carbonyl (C=O) groups excluding carboxylic acids is 1. The maximum Gasteiger partial charge on any atom is 0.0971 e. The second kappa shape index (κ2) is 11.9. The van der Waals surface area contributed by atoms with Crippen LogP contribution in [-0.2, 0) is 14.3 Å². The molecule has 0 bridgehead atoms. The number of carboxylic acids is 1. The molecule has 0 atom stereocenters. The van der Waals surface area contributed by atoms with Gasteiger partial charge in [0.25, 0.3) is 0 Å². The molecule has 1 aliphatic rings. The number of methoxy groups -OCH3 is 1. The number of hydrogen-bond acceptors (Lipinski definition) is 4. The van der Waals surface area contributed by atoms with Gasteiger partial charge in [0.15, 0.2) is 0 Å². The predicted octanol–water partition coefficient (Wildman–Crippen LogP) is 0.592. The number of likely N-dealkylation sites (N-methyl/N-ethyl adjacent to an activating group) is 1. The third kappa shape index (κ3) is 9.07. The van der Waals surface area contributed by atoms with E-state index < -0.39 is 5.97 Å². The maximum atomic E-state index is 9.81. The van der Waals surface area contributed by atoms with E-state index in [1.54, 1.807) is 7.11 Å². The minimum atomic E-state index is -1.09. The number of likely N-dealkylation sites (tertiary alicyclic amines) is 1. The zero-order valence-corrected chi connectivity index (χ0v) is 12.9. The van der Waals surface area contributed by atoms with E-state index in [4.69, 9.17) is 4.74 Å². The normalized spacial score (nSPS) is 16.3. The number of hydrogen-bond donors (Lipinski definition) is 0. The summed E-state index contributed by atoms with van der Waals surface area (Å²) in [4.78, 5) is 9.81. The van der Waals surface area contributed by atoms with Gasteiger partial charge < -0.3 is 23.9 Å². The summed E-state index contributed by atoms with van der Waals surface area (Å²) >= 11 is 0. The van der Waals surface area contributed by atoms with Crippen molar-refractivity contribution >= 4 is 5.97 Å². The molecule has 0 aromatic heterocycles. The summed E-state index contributed by atoms with van der Waals surface area (Å²) in [5, 5.41) is 9.81. The van der Waals surface area contributed by atoms with E-state index in [2.05, 4.69) is 24.3 Å². The van der Waals surface area contributed by atoms with E-state index >= 15 is 0 Å². The molecule has 1 aliphatic heterocycles. The van der Waals surface area contributed by atoms with Crippen molar-refractivity contribution in [2.45, 2.75) is 26.2 Å². The van der Waals surface area contributed by atoms with Crippen molar-refractivity contribution < 1.29 is 23.9 Å². The molecular weight excluding hydrogens is 258 g/mol. The summed E-state index contributed by atoms with van der Waals surface area (Å²) in [6.07, 6.45) is 4.85. The van der Waals surface area contributed by atoms with E-state index in [1.165, 1.54) is 43.5 Å². The van der Waals surface area contributed by atoms with E-state index in [0.29, 0.717) is 13.2 Å². The number of carbonyl (C=O) groups is 1. The lowest BCUT2D eigenvalue weighted by Gasteiger charge is -2.31. The minimum absolute atomic E-state index is 0.0519. The molecule has 1 heterocycles. The predicted molar refractivity (Wildman–Crippen MR) is 77.2 cm³/mol. The Bertz CT molecular complexity index is 263. The third-order valence-electron chi connectivity index (χ3n) is 3.58. The van der Waals surface area contributed by atoms with Crippen molar-refractivity contribution in [3.8, 4) is 0 Å². The van der Waals surface area contributed by atoms with Crippen LogP contribution in [0.5, 0.6) is 0 Å². The fraction of sp³-hybridized carbons (Fsp3) is 0.800. The first-order valence-corrected chi connectivity index (χ1v) is 7.32. The molecule has 0 saturated carbocycles. The van der Waals surface area contributed by atoms with Crippen LogP contribution in [0.4, 0.5) is 0 Å². The molecular formula is C15H29NO4. The van der Waals surface area contributed by atoms with Gasteiger partial charge >= 0.3 is 0 Å². The first-order valence-electron chi connectivity index (χ1n) is 7.32. The quantitative estimate of drug-likeness (QED) is 0.354. The molecule has 20 heavy (non-hydrogen) atoms. The van der Waals surface area contributed by atoms with E-state index in [0.717, 1.165) is 0 Å². The Labute approximate surface area is 122 Å². The Hall–Kier alpha value is -0.910. The smallest absolute Gasteiger partial charge is 0.0971 e. The van der Waals surface area contributed by atoms with Crippen LogP contribution in [0.3, 0.4) is 0 Å². The molecule has 5 nitrogen and oxygen atoms in total. The number of ether oxygens (including phenoxy) is 2. The summed E-state index contributed by atoms with van der Waals surface area (Å²) in [6, 6.07) is 0. The minimum Gasteiger partial charge on any atom is -0.550 e. The lowest BCUT2D eigenvalue weighted by atomic mass is 10.4. The monoisotopic (exact) mass is 287 g/mol. The van der Waals surface area contributed by atoms with Crippen molar-refractivity contribution in [1.29, 1.82) is 0 Å². The van der Waals surface area contributed by atoms with E-state index in [9.17, 15) is 9.90 Å². The fourth-order valence-electron chi connectivity index (χ4n) is 2.31. The molecule has 1 saturated heterocycles. The van der Waals surface area contributed by atoms with Crippen LogP contribution in [0.15, 0.2) is 12.7 Å². The molecule has 0 aliphatic carbocycles. The molecule has 0 aromatic rings. The van der Waals surface area contributed by atoms with Crippen molar-refractivity contribution in [1.82, 2.24) is 0 Å². The van der Waals surface area contributed by atoms with Crippen LogP contribution in [0.25, 0.3) is 0 Å². The summed E-state index contributed by atoms with van der Waals surface area (Å²) in [7, 11) is 1.56. The highest BCUT2D eigenvalue weighted by atomic mass is 16.5. The van der Waals surface area contributed by atoms with E-state index in [1.807, 2.05) is 0 Å². The first-order chi connectivity index (χ1) is 9.60. The molecule has 118 valence electrons. The lowest BCUT2D eigenvalue weighted by Crippen LogP contribution is -2.44. The summed E-state index contributed by atoms with van der Waals surface area (Å²) in [5.41, 5.74) is 0. The first kappa shape index (κ1) is 19.1. The van der Waals surface area contributed by atoms with Gasteiger partial charge in [0, 0.05) is 32.3 Å². The van der Waals surface area contributed by atoms with Gasteiger partial charge in [0.2, 0.25) is 0 Å². The number of carboxylic acid groups (broad SMARTS) is 1. The Kier molecular flexibility index (Phi) is 11.3. The van der Waals surface area contributed by atoms with Crippen LogP contribution in [-0.4, -0.2) is 63.6 Å². The Morgan fingerprint density at radius 3 is 2.40 bits per heavy atom. The van der Waals surface area contributed by atoms with Gasteiger partial charge in [-0.15, -0.1) is 0 Å². The topological polar surface area (TPSA) is 58.6 Å². The van der Waals surface area contributed by atoms with Crippen LogP contribution < -0.4 is 5.11 Å². The molecule has 0 unspecified atom stereocenters. The van der Waals surface area contributed by atoms with Gasteiger partial charge in [-0.1, -0.05) is 6.58 Å². The van der Waals surface area contributed by atoms with Gasteiger partial charge in [-0.05, 0) is 13.0 Å². The summed E-state index contributed by atoms with van der Waals surface area (Å²) in [6.45, 7) is 12.4. The average molecular weight is 287 g/mol. The fourth-order valence-corrected chi connectivity index (χ4v) is 2.31. The lowest BCUT2D eigenvalue weighted by molar-refractivity contribution is -0.909. The Balaban J connectivity index is 0.000000361. The number of nitrogens with zero attached hydrogens (tertiary/aromatic N) is 1. The van der Waals surface area contributed by atoms with Crippen LogP contribution in [0, 0.1) is 0 Å². The van der Waals surface area contributed by atoms with Crippen molar-refractivity contribution in [3.63, 3.8) is 0 Å². The zero-order valence-electron chi connectivity index (χ0n) is 12.9. The highest BCUT2D eigenvalue weighted by molar-refractivity contribution is 5.64. The molecule has 0 aromatic carbocycles. The Morgan fingerprint density at radius 2 is 1.95 bits per heavy atom. The molecule has 0 radical (unpaired) electrons. The van der Waals surface area contributed by atoms with Crippen LogP contribution in [0.2, 0.25) is 0 Å². The zero-order chi connectivity index (χ0) is 15.3. The molecule has 1 rings (SSSR count). The molecule has 0 amide bonds. The highest BCUT2D eigenvalue weighted by Gasteiger charge is 2.27. The van der Waals surface area contributed by atoms with Gasteiger partial charge in [0.1, 0.15) is 0 Å². The molecule has 5 heteroatoms. The standard InChI is InChI=1S/C9H18N.C6H12O4/c1-3-7-10(4-2)8-5-6-9-10;1-9-4-5-10-3-2-6(7)8/h3H,1,4-9H2,2H3;2-5H2,1H3,(H,7,8)/q+1;/p-1. The van der Waals surface area contributed by atoms with Crippen molar-refractivity contribution in [2.75, 3.05) is 53.1 Å². The SMILES string of the molecule is C=CC[N+]1(CC)CCCC1.COCCOCCC(=O)[O-]. The van der Waals surface area contributed by atoms with Gasteiger partial charge in [-0.25, -0.2) is 0 Å². The molecule has 1 fully saturated rings. The second-order valence-corrected chi connectivity index (χ2v) is 5.01. The summed E-state index contributed by atoms with van der Waals surface area (Å²) in [5.74, 6) is -1.09. The molecule has 0 spiro atoms. The number of rotatable bonds is 9. The van der Waals surface area contributed by atoms with Crippen LogP contribution in [0.1, 0.15) is 26.2 Å². The van der Waals surface area contributed by atoms with Crippen molar-refractivity contribution in [2.24, 2.45) is 0 Å². The number of quaternary nitrogens is 1. The van der Waals surface area contributed by atoms with Gasteiger partial charge in [0.05, 0.1) is 46.0 Å². The maximum absolute atomic E-state index is 9.81. The largest absolute Gasteiger partial charge is 0.550 e. The summed E-state index contributed by atoms with van der Waals surface area (Å²) < 4.78 is 10.8. The Morgan fingerprint density at radius 1 is 1.30 bits per heavy atom. The van der Waals surface area contributed by atoms with Gasteiger partial charge in [-0.3, -0.25) is 0 Å². The third-order valence-corrected chi connectivity index (χ3v) is 3.58. The van der Waals surface area contributed by atoms with Crippen molar-refractivity contribution in [3.05, 3.63) is 12.7 Å². The van der Waals surface area contributed by atoms with Gasteiger partial charge in [-0.2, -0.15) is 0 Å². The molecule has 0 N–H and O–H groups in total. The number of aliphatic carboxylic acids is 1. The van der Waals surface area contributed by atoms with E-state index in [-0.39, 0.29) is 13.0 Å². The second-order valence-electron chi connectivity index (χ2n) is 5.01. The highest BCUT2D eigenvalue weighted by Crippen LogP contribution is 2.18. The average Bonchev–Trinajstić information content (AvgIpc) is 2.89. The van der Waals surface area contributed by atoms with Crippen LogP contribution >= 0.6 is 0 Å².